The van der Waals surface area contributed by atoms with Crippen molar-refractivity contribution in [3.8, 4) is 0 Å². The first-order valence-corrected chi connectivity index (χ1v) is 8.76. The Bertz CT molecular complexity index is 669. The average Bonchev–Trinajstić information content (AvgIpc) is 3.02. The van der Waals surface area contributed by atoms with Crippen LogP contribution in [-0.4, -0.2) is 36.6 Å². The lowest BCUT2D eigenvalue weighted by atomic mass is 10.1. The monoisotopic (exact) mass is 347 g/mol. The number of ether oxygens (including phenoxy) is 2. The maximum absolute atomic E-state index is 12.0. The highest BCUT2D eigenvalue weighted by molar-refractivity contribution is 7.15. The zero-order valence-electron chi connectivity index (χ0n) is 13.6. The van der Waals surface area contributed by atoms with Gasteiger partial charge >= 0.3 is 6.03 Å². The van der Waals surface area contributed by atoms with Crippen LogP contribution in [-0.2, 0) is 15.9 Å². The first-order chi connectivity index (χ1) is 11.6. The van der Waals surface area contributed by atoms with Gasteiger partial charge in [0.15, 0.2) is 10.9 Å². The lowest BCUT2D eigenvalue weighted by Gasteiger charge is -2.33. The van der Waals surface area contributed by atoms with Gasteiger partial charge in [-0.2, -0.15) is 0 Å². The predicted octanol–water partition coefficient (Wildman–Crippen LogP) is 3.01. The van der Waals surface area contributed by atoms with Crippen molar-refractivity contribution >= 4 is 22.5 Å². The van der Waals surface area contributed by atoms with E-state index in [0.29, 0.717) is 24.9 Å². The summed E-state index contributed by atoms with van der Waals surface area (Å²) in [6.45, 7) is 3.42. The number of aromatic nitrogens is 1. The Morgan fingerprint density at radius 1 is 1.29 bits per heavy atom. The third-order valence-corrected chi connectivity index (χ3v) is 4.58. The molecule has 2 N–H and O–H groups in total. The smallest absolute Gasteiger partial charge is 0.321 e. The van der Waals surface area contributed by atoms with Crippen molar-refractivity contribution in [1.29, 1.82) is 0 Å². The number of anilines is 1. The molecule has 1 fully saturated rings. The number of rotatable bonds is 5. The van der Waals surface area contributed by atoms with Crippen molar-refractivity contribution in [2.75, 3.05) is 25.1 Å². The fourth-order valence-corrected chi connectivity index (χ4v) is 3.25. The highest BCUT2D eigenvalue weighted by Gasteiger charge is 2.29. The van der Waals surface area contributed by atoms with Gasteiger partial charge in [-0.1, -0.05) is 30.3 Å². The van der Waals surface area contributed by atoms with Crippen LogP contribution in [0.1, 0.15) is 23.8 Å². The molecule has 0 unspecified atom stereocenters. The summed E-state index contributed by atoms with van der Waals surface area (Å²) in [7, 11) is 0. The molecule has 3 rings (SSSR count). The van der Waals surface area contributed by atoms with Crippen LogP contribution in [0.2, 0.25) is 0 Å². The summed E-state index contributed by atoms with van der Waals surface area (Å²) in [6, 6.07) is 9.86. The van der Waals surface area contributed by atoms with E-state index in [-0.39, 0.29) is 6.03 Å². The van der Waals surface area contributed by atoms with E-state index in [0.717, 1.165) is 17.7 Å². The third kappa shape index (κ3) is 4.77. The second-order valence-corrected chi connectivity index (χ2v) is 6.90. The molecule has 2 amide bonds. The van der Waals surface area contributed by atoms with E-state index in [1.54, 1.807) is 6.20 Å². The second-order valence-electron chi connectivity index (χ2n) is 5.79. The molecule has 0 atom stereocenters. The lowest BCUT2D eigenvalue weighted by Crippen LogP contribution is -2.48. The Kier molecular flexibility index (Phi) is 5.44. The standard InChI is InChI=1S/C17H21N3O3S/c1-17(22-8-5-9-23-17)12-19-15(21)20-16-18-11-14(24-16)10-13-6-3-2-4-7-13/h2-4,6-7,11H,5,8-10,12H2,1H3,(H2,18,19,20,21). The van der Waals surface area contributed by atoms with Crippen LogP contribution in [0.15, 0.2) is 36.5 Å². The highest BCUT2D eigenvalue weighted by Crippen LogP contribution is 2.21. The quantitative estimate of drug-likeness (QED) is 0.872. The number of carbonyl (C=O) groups excluding carboxylic acids is 1. The zero-order valence-corrected chi connectivity index (χ0v) is 14.4. The van der Waals surface area contributed by atoms with E-state index < -0.39 is 5.79 Å². The first kappa shape index (κ1) is 16.9. The minimum atomic E-state index is -0.753. The molecule has 1 aliphatic heterocycles. The van der Waals surface area contributed by atoms with Crippen molar-refractivity contribution in [2.24, 2.45) is 0 Å². The molecule has 2 aromatic rings. The summed E-state index contributed by atoms with van der Waals surface area (Å²) in [5.74, 6) is -0.753. The molecule has 2 heterocycles. The molecule has 1 aromatic carbocycles. The first-order valence-electron chi connectivity index (χ1n) is 7.94. The van der Waals surface area contributed by atoms with E-state index in [2.05, 4.69) is 27.8 Å². The number of benzene rings is 1. The topological polar surface area (TPSA) is 72.5 Å². The lowest BCUT2D eigenvalue weighted by molar-refractivity contribution is -0.250. The van der Waals surface area contributed by atoms with E-state index in [9.17, 15) is 4.79 Å². The number of carbonyl (C=O) groups is 1. The summed E-state index contributed by atoms with van der Waals surface area (Å²) >= 11 is 1.47. The zero-order chi connectivity index (χ0) is 16.8. The van der Waals surface area contributed by atoms with Crippen LogP contribution in [0.25, 0.3) is 0 Å². The summed E-state index contributed by atoms with van der Waals surface area (Å²) in [6.07, 6.45) is 3.48. The summed E-state index contributed by atoms with van der Waals surface area (Å²) < 4.78 is 11.1. The van der Waals surface area contributed by atoms with Gasteiger partial charge in [-0.25, -0.2) is 9.78 Å². The molecule has 0 bridgehead atoms. The number of nitrogens with zero attached hydrogens (tertiary/aromatic N) is 1. The Morgan fingerprint density at radius 3 is 2.79 bits per heavy atom. The molecule has 1 saturated heterocycles. The van der Waals surface area contributed by atoms with Crippen LogP contribution in [0.4, 0.5) is 9.93 Å². The van der Waals surface area contributed by atoms with E-state index >= 15 is 0 Å². The SMILES string of the molecule is CC1(CNC(=O)Nc2ncc(Cc3ccccc3)s2)OCCCO1. The fraction of sp³-hybridized carbons (Fsp3) is 0.412. The number of hydrogen-bond acceptors (Lipinski definition) is 5. The summed E-state index contributed by atoms with van der Waals surface area (Å²) in [5.41, 5.74) is 1.22. The minimum absolute atomic E-state index is 0.293. The molecular formula is C17H21N3O3S. The van der Waals surface area contributed by atoms with Crippen LogP contribution in [0.5, 0.6) is 0 Å². The van der Waals surface area contributed by atoms with Crippen molar-refractivity contribution in [3.63, 3.8) is 0 Å². The largest absolute Gasteiger partial charge is 0.348 e. The van der Waals surface area contributed by atoms with Crippen LogP contribution < -0.4 is 10.6 Å². The molecule has 1 aliphatic rings. The van der Waals surface area contributed by atoms with Crippen LogP contribution >= 0.6 is 11.3 Å². The van der Waals surface area contributed by atoms with E-state index in [1.807, 2.05) is 25.1 Å². The third-order valence-electron chi connectivity index (χ3n) is 3.67. The molecular weight excluding hydrogens is 326 g/mol. The van der Waals surface area contributed by atoms with Gasteiger partial charge in [0.05, 0.1) is 19.8 Å². The maximum atomic E-state index is 12.0. The van der Waals surface area contributed by atoms with Crippen LogP contribution in [0, 0.1) is 0 Å². The van der Waals surface area contributed by atoms with Gasteiger partial charge in [-0.05, 0) is 18.9 Å². The maximum Gasteiger partial charge on any atom is 0.321 e. The molecule has 6 nitrogen and oxygen atoms in total. The molecule has 1 aromatic heterocycles. The van der Waals surface area contributed by atoms with Gasteiger partial charge in [0.2, 0.25) is 0 Å². The molecule has 128 valence electrons. The summed E-state index contributed by atoms with van der Waals surface area (Å²) in [4.78, 5) is 17.3. The number of urea groups is 1. The highest BCUT2D eigenvalue weighted by atomic mass is 32.1. The average molecular weight is 347 g/mol. The van der Waals surface area contributed by atoms with Gasteiger partial charge in [0.25, 0.3) is 0 Å². The molecule has 0 radical (unpaired) electrons. The van der Waals surface area contributed by atoms with Gasteiger partial charge < -0.3 is 14.8 Å². The van der Waals surface area contributed by atoms with E-state index in [1.165, 1.54) is 16.9 Å². The molecule has 24 heavy (non-hydrogen) atoms. The number of thiazole rings is 1. The molecule has 0 saturated carbocycles. The van der Waals surface area contributed by atoms with Crippen molar-refractivity contribution in [1.82, 2.24) is 10.3 Å². The number of amides is 2. The molecule has 0 aliphatic carbocycles. The predicted molar refractivity (Wildman–Crippen MR) is 93.3 cm³/mol. The van der Waals surface area contributed by atoms with Crippen molar-refractivity contribution in [2.45, 2.75) is 25.6 Å². The summed E-state index contributed by atoms with van der Waals surface area (Å²) in [5, 5.41) is 6.10. The Labute approximate surface area is 145 Å². The van der Waals surface area contributed by atoms with Gasteiger partial charge in [-0.15, -0.1) is 11.3 Å². The molecule has 0 spiro atoms. The Hall–Kier alpha value is -1.96. The van der Waals surface area contributed by atoms with Gasteiger partial charge in [0, 0.05) is 17.5 Å². The normalized spacial score (nSPS) is 16.5. The van der Waals surface area contributed by atoms with Gasteiger partial charge in [-0.3, -0.25) is 5.32 Å². The molecule has 7 heteroatoms. The van der Waals surface area contributed by atoms with Crippen molar-refractivity contribution < 1.29 is 14.3 Å². The number of nitrogens with one attached hydrogen (secondary N) is 2. The second kappa shape index (κ2) is 7.74. The minimum Gasteiger partial charge on any atom is -0.348 e. The fourth-order valence-electron chi connectivity index (χ4n) is 2.41. The van der Waals surface area contributed by atoms with E-state index in [4.69, 9.17) is 9.47 Å². The number of hydrogen-bond donors (Lipinski definition) is 2. The Morgan fingerprint density at radius 2 is 2.04 bits per heavy atom. The van der Waals surface area contributed by atoms with Gasteiger partial charge in [0.1, 0.15) is 0 Å². The Balaban J connectivity index is 1.48. The van der Waals surface area contributed by atoms with Crippen LogP contribution in [0.3, 0.4) is 0 Å². The van der Waals surface area contributed by atoms with Crippen molar-refractivity contribution in [3.05, 3.63) is 47.0 Å².